The third kappa shape index (κ3) is 3.21. The van der Waals surface area contributed by atoms with E-state index in [0.717, 1.165) is 0 Å². The van der Waals surface area contributed by atoms with Gasteiger partial charge in [-0.2, -0.15) is 25.3 Å². The van der Waals surface area contributed by atoms with E-state index in [-0.39, 0.29) is 5.97 Å². The summed E-state index contributed by atoms with van der Waals surface area (Å²) in [4.78, 5) is 10.4. The average Bonchev–Trinajstić information content (AvgIpc) is 1.67. The Morgan fingerprint density at radius 3 is 2.38 bits per heavy atom. The van der Waals surface area contributed by atoms with E-state index in [4.69, 9.17) is 0 Å². The summed E-state index contributed by atoms with van der Waals surface area (Å²) in [6, 6.07) is 0. The van der Waals surface area contributed by atoms with Gasteiger partial charge in [0.1, 0.15) is 4.58 Å². The van der Waals surface area contributed by atoms with Gasteiger partial charge in [0.15, 0.2) is 0 Å². The van der Waals surface area contributed by atoms with Gasteiger partial charge in [-0.25, -0.2) is 4.79 Å². The molecule has 0 atom stereocenters. The lowest BCUT2D eigenvalue weighted by atomic mass is 10.7. The number of rotatable bonds is 2. The Morgan fingerprint density at radius 1 is 1.75 bits per heavy atom. The van der Waals surface area contributed by atoms with Crippen LogP contribution in [0.1, 0.15) is 6.92 Å². The normalized spacial score (nSPS) is 9.50. The van der Waals surface area contributed by atoms with Gasteiger partial charge < -0.3 is 4.74 Å². The van der Waals surface area contributed by atoms with Gasteiger partial charge in [-0.15, -0.1) is 0 Å². The van der Waals surface area contributed by atoms with Crippen LogP contribution in [0.2, 0.25) is 0 Å². The smallest absolute Gasteiger partial charge is 0.328 e. The number of carbonyl (C=O) groups excluding carboxylic acids is 1. The molecule has 0 fully saturated rings. The van der Waals surface area contributed by atoms with Gasteiger partial charge in [-0.05, 0) is 6.92 Å². The maximum atomic E-state index is 10.4. The second-order valence-electron chi connectivity index (χ2n) is 1.13. The zero-order valence-electron chi connectivity index (χ0n) is 4.50. The molecule has 0 bridgehead atoms. The van der Waals surface area contributed by atoms with Crippen LogP contribution in [0.4, 0.5) is 0 Å². The minimum absolute atomic E-state index is 0.385. The molecule has 8 heavy (non-hydrogen) atoms. The Morgan fingerprint density at radius 2 is 2.25 bits per heavy atom. The molecule has 0 rings (SSSR count). The highest BCUT2D eigenvalue weighted by Crippen LogP contribution is 2.01. The van der Waals surface area contributed by atoms with Crippen LogP contribution in [-0.4, -0.2) is 17.2 Å². The lowest BCUT2D eigenvalue weighted by molar-refractivity contribution is -0.140. The molecule has 0 saturated carbocycles. The van der Waals surface area contributed by atoms with E-state index in [1.807, 2.05) is 0 Å². The molecule has 0 aliphatic carbocycles. The predicted molar refractivity (Wildman–Crippen MR) is 38.4 cm³/mol. The number of esters is 1. The Bertz CT molecular complexity index is 82.1. The van der Waals surface area contributed by atoms with E-state index >= 15 is 0 Å². The van der Waals surface area contributed by atoms with Crippen LogP contribution in [0.25, 0.3) is 0 Å². The number of hydrogen-bond donors (Lipinski definition) is 2. The number of hydrogen-bond acceptors (Lipinski definition) is 4. The Kier molecular flexibility index (Phi) is 4.18. The summed E-state index contributed by atoms with van der Waals surface area (Å²) in [6.45, 7) is 2.12. The summed E-state index contributed by atoms with van der Waals surface area (Å²) in [7, 11) is 0. The van der Waals surface area contributed by atoms with Gasteiger partial charge in [0, 0.05) is 0 Å². The molecule has 0 heterocycles. The number of carbonyl (C=O) groups is 1. The van der Waals surface area contributed by atoms with E-state index in [0.29, 0.717) is 6.61 Å². The van der Waals surface area contributed by atoms with Gasteiger partial charge >= 0.3 is 5.97 Å². The van der Waals surface area contributed by atoms with Gasteiger partial charge in [0.05, 0.1) is 6.61 Å². The molecule has 0 radical (unpaired) electrons. The standard InChI is InChI=1S/C4H8O2S2/c1-2-6-3(5)4(7)8/h4,7-8H,2H2,1H3. The molecule has 0 unspecified atom stereocenters. The average molecular weight is 152 g/mol. The fourth-order valence-electron chi connectivity index (χ4n) is 0.217. The Hall–Kier alpha value is 0.170. The first-order chi connectivity index (χ1) is 3.68. The van der Waals surface area contributed by atoms with Crippen molar-refractivity contribution in [1.29, 1.82) is 0 Å². The molecule has 48 valence electrons. The topological polar surface area (TPSA) is 26.3 Å². The van der Waals surface area contributed by atoms with Gasteiger partial charge in [0.2, 0.25) is 0 Å². The highest BCUT2D eigenvalue weighted by molar-refractivity contribution is 8.00. The monoisotopic (exact) mass is 152 g/mol. The van der Waals surface area contributed by atoms with E-state index in [1.165, 1.54) is 0 Å². The molecule has 0 aliphatic heterocycles. The second-order valence-corrected chi connectivity index (χ2v) is 2.57. The first-order valence-electron chi connectivity index (χ1n) is 2.21. The minimum atomic E-state index is -0.602. The SMILES string of the molecule is CCOC(=O)C(S)S. The maximum absolute atomic E-state index is 10.4. The third-order valence-corrected chi connectivity index (χ3v) is 0.919. The first kappa shape index (κ1) is 8.17. The number of thiol groups is 2. The van der Waals surface area contributed by atoms with Crippen LogP contribution in [0.3, 0.4) is 0 Å². The molecule has 0 aromatic carbocycles. The van der Waals surface area contributed by atoms with Crippen LogP contribution in [0.15, 0.2) is 0 Å². The van der Waals surface area contributed by atoms with Crippen LogP contribution in [0.5, 0.6) is 0 Å². The largest absolute Gasteiger partial charge is 0.465 e. The minimum Gasteiger partial charge on any atom is -0.465 e. The first-order valence-corrected chi connectivity index (χ1v) is 3.24. The molecule has 0 amide bonds. The fourth-order valence-corrected chi connectivity index (χ4v) is 0.366. The zero-order valence-corrected chi connectivity index (χ0v) is 6.28. The molecule has 0 aromatic heterocycles. The molecule has 2 nitrogen and oxygen atoms in total. The molecular formula is C4H8O2S2. The lowest BCUT2D eigenvalue weighted by Gasteiger charge is -2.00. The van der Waals surface area contributed by atoms with E-state index < -0.39 is 4.58 Å². The quantitative estimate of drug-likeness (QED) is 0.347. The second kappa shape index (κ2) is 4.09. The zero-order chi connectivity index (χ0) is 6.57. The molecule has 0 aliphatic rings. The van der Waals surface area contributed by atoms with Crippen LogP contribution in [0, 0.1) is 0 Å². The summed E-state index contributed by atoms with van der Waals surface area (Å²) in [5, 5.41) is 0. The summed E-state index contributed by atoms with van der Waals surface area (Å²) in [5.41, 5.74) is 0. The summed E-state index contributed by atoms with van der Waals surface area (Å²) in [5.74, 6) is -0.390. The van der Waals surface area contributed by atoms with Crippen molar-refractivity contribution < 1.29 is 9.53 Å². The van der Waals surface area contributed by atoms with Crippen LogP contribution in [-0.2, 0) is 9.53 Å². The lowest BCUT2D eigenvalue weighted by Crippen LogP contribution is -2.11. The summed E-state index contributed by atoms with van der Waals surface area (Å²) in [6.07, 6.45) is 0. The summed E-state index contributed by atoms with van der Waals surface area (Å²) >= 11 is 7.43. The van der Waals surface area contributed by atoms with Crippen molar-refractivity contribution in [3.8, 4) is 0 Å². The molecular weight excluding hydrogens is 144 g/mol. The molecule has 0 spiro atoms. The fraction of sp³-hybridized carbons (Fsp3) is 0.750. The molecule has 0 saturated heterocycles. The van der Waals surface area contributed by atoms with Crippen molar-refractivity contribution in [2.45, 2.75) is 11.5 Å². The molecule has 4 heteroatoms. The van der Waals surface area contributed by atoms with Crippen molar-refractivity contribution in [3.63, 3.8) is 0 Å². The van der Waals surface area contributed by atoms with E-state index in [9.17, 15) is 4.79 Å². The van der Waals surface area contributed by atoms with E-state index in [1.54, 1.807) is 6.92 Å². The van der Waals surface area contributed by atoms with Crippen LogP contribution < -0.4 is 0 Å². The predicted octanol–water partition coefficient (Wildman–Crippen LogP) is 0.735. The number of ether oxygens (including phenoxy) is 1. The molecule has 0 aromatic rings. The van der Waals surface area contributed by atoms with E-state index in [2.05, 4.69) is 30.0 Å². The third-order valence-electron chi connectivity index (χ3n) is 0.497. The van der Waals surface area contributed by atoms with Crippen molar-refractivity contribution in [2.75, 3.05) is 6.61 Å². The Labute approximate surface area is 59.4 Å². The van der Waals surface area contributed by atoms with Crippen molar-refractivity contribution in [1.82, 2.24) is 0 Å². The van der Waals surface area contributed by atoms with Gasteiger partial charge in [0.25, 0.3) is 0 Å². The highest BCUT2D eigenvalue weighted by atomic mass is 32.2. The Balaban J connectivity index is 3.33. The van der Waals surface area contributed by atoms with Crippen molar-refractivity contribution in [2.24, 2.45) is 0 Å². The maximum Gasteiger partial charge on any atom is 0.328 e. The van der Waals surface area contributed by atoms with Crippen molar-refractivity contribution in [3.05, 3.63) is 0 Å². The molecule has 0 N–H and O–H groups in total. The van der Waals surface area contributed by atoms with Gasteiger partial charge in [-0.1, -0.05) is 0 Å². The highest BCUT2D eigenvalue weighted by Gasteiger charge is 2.07. The van der Waals surface area contributed by atoms with Gasteiger partial charge in [-0.3, -0.25) is 0 Å². The van der Waals surface area contributed by atoms with Crippen LogP contribution >= 0.6 is 25.3 Å². The summed E-state index contributed by atoms with van der Waals surface area (Å²) < 4.78 is 3.91. The van der Waals surface area contributed by atoms with Crippen molar-refractivity contribution >= 4 is 31.2 Å².